The van der Waals surface area contributed by atoms with Gasteiger partial charge in [0.05, 0.1) is 48.6 Å². The van der Waals surface area contributed by atoms with Crippen molar-refractivity contribution in [2.24, 2.45) is 10.8 Å². The third-order valence-corrected chi connectivity index (χ3v) is 13.1. The molecule has 2 aromatic heterocycles. The van der Waals surface area contributed by atoms with Crippen LogP contribution >= 0.6 is 23.2 Å². The van der Waals surface area contributed by atoms with E-state index in [9.17, 15) is 14.7 Å². The van der Waals surface area contributed by atoms with Gasteiger partial charge in [-0.1, -0.05) is 65.7 Å². The van der Waals surface area contributed by atoms with Crippen molar-refractivity contribution in [3.05, 3.63) is 106 Å². The van der Waals surface area contributed by atoms with E-state index >= 15 is 0 Å². The van der Waals surface area contributed by atoms with Gasteiger partial charge in [0.15, 0.2) is 0 Å². The van der Waals surface area contributed by atoms with E-state index in [-0.39, 0.29) is 17.4 Å². The summed E-state index contributed by atoms with van der Waals surface area (Å²) in [5.41, 5.74) is 6.09. The third kappa shape index (κ3) is 7.10. The molecule has 3 heterocycles. The SMILES string of the molecule is COc1cc(Cn2ncc3c(-c4cccc(-c5ccc(CNC[C@@H]6CCC(=O)N6)c(OC)n5)c4Cl)cccc32)c(Cl)cc1CN(C)/C=C\[C@]12CC[C@@]1(C(=O)O)CC2. The normalized spacial score (nSPS) is 21.2. The number of aromatic nitrogens is 3. The maximum absolute atomic E-state index is 12.0. The van der Waals surface area contributed by atoms with E-state index < -0.39 is 11.4 Å². The van der Waals surface area contributed by atoms with Crippen LogP contribution in [0.5, 0.6) is 11.6 Å². The highest BCUT2D eigenvalue weighted by molar-refractivity contribution is 6.36. The molecule has 3 aliphatic rings. The van der Waals surface area contributed by atoms with E-state index in [4.69, 9.17) is 42.8 Å². The summed E-state index contributed by atoms with van der Waals surface area (Å²) in [4.78, 5) is 30.4. The number of fused-ring (bicyclic) bond motifs is 2. The molecule has 11 nitrogen and oxygen atoms in total. The second-order valence-corrected chi connectivity index (χ2v) is 16.3. The first-order valence-electron chi connectivity index (χ1n) is 19.3. The zero-order valence-corrected chi connectivity index (χ0v) is 33.8. The zero-order valence-electron chi connectivity index (χ0n) is 32.3. The van der Waals surface area contributed by atoms with Gasteiger partial charge >= 0.3 is 5.97 Å². The molecule has 1 atom stereocenters. The number of pyridine rings is 1. The van der Waals surface area contributed by atoms with Gasteiger partial charge in [-0.15, -0.1) is 0 Å². The predicted octanol–water partition coefficient (Wildman–Crippen LogP) is 8.10. The Morgan fingerprint density at radius 2 is 1.79 bits per heavy atom. The van der Waals surface area contributed by atoms with Crippen molar-refractivity contribution in [3.8, 4) is 34.0 Å². The first kappa shape index (κ1) is 38.8. The van der Waals surface area contributed by atoms with Gasteiger partial charge in [-0.3, -0.25) is 14.3 Å². The zero-order chi connectivity index (χ0) is 39.9. The van der Waals surface area contributed by atoms with Gasteiger partial charge in [0, 0.05) is 77.2 Å². The van der Waals surface area contributed by atoms with E-state index in [1.807, 2.05) is 84.8 Å². The van der Waals surface area contributed by atoms with Crippen LogP contribution in [0.1, 0.15) is 55.2 Å². The number of nitrogens with one attached hydrogen (secondary N) is 2. The molecule has 2 aliphatic carbocycles. The number of aliphatic carboxylic acids is 1. The molecule has 3 N–H and O–H groups in total. The molecule has 3 aromatic carbocycles. The average molecular weight is 810 g/mol. The number of halogens is 2. The molecule has 0 bridgehead atoms. The number of ether oxygens (including phenoxy) is 2. The number of hydrogen-bond donors (Lipinski definition) is 3. The Bertz CT molecular complexity index is 2390. The Morgan fingerprint density at radius 3 is 2.49 bits per heavy atom. The molecule has 0 unspecified atom stereocenters. The van der Waals surface area contributed by atoms with Gasteiger partial charge in [0.2, 0.25) is 11.8 Å². The molecule has 8 rings (SSSR count). The summed E-state index contributed by atoms with van der Waals surface area (Å²) >= 11 is 14.1. The lowest BCUT2D eigenvalue weighted by Crippen LogP contribution is -2.62. The second-order valence-electron chi connectivity index (χ2n) is 15.5. The molecule has 57 heavy (non-hydrogen) atoms. The van der Waals surface area contributed by atoms with Crippen LogP contribution in [0.2, 0.25) is 10.0 Å². The topological polar surface area (TPSA) is 131 Å². The Balaban J connectivity index is 0.993. The van der Waals surface area contributed by atoms with Gasteiger partial charge in [-0.2, -0.15) is 5.10 Å². The largest absolute Gasteiger partial charge is 0.496 e. The van der Waals surface area contributed by atoms with Crippen molar-refractivity contribution >= 4 is 46.0 Å². The number of amides is 1. The molecule has 1 amide bonds. The molecule has 0 radical (unpaired) electrons. The molecule has 13 heteroatoms. The number of allylic oxidation sites excluding steroid dienone is 1. The lowest BCUT2D eigenvalue weighted by Gasteiger charge is -2.64. The number of carbonyl (C=O) groups is 2. The van der Waals surface area contributed by atoms with E-state index in [0.717, 1.165) is 76.4 Å². The number of rotatable bonds is 15. The molecule has 296 valence electrons. The third-order valence-electron chi connectivity index (χ3n) is 12.4. The van der Waals surface area contributed by atoms with Gasteiger partial charge < -0.3 is 30.1 Å². The number of carboxylic acid groups (broad SMARTS) is 1. The summed E-state index contributed by atoms with van der Waals surface area (Å²) in [6.07, 6.45) is 10.7. The fraction of sp³-hybridized carbons (Fsp3) is 0.364. The first-order valence-corrected chi connectivity index (χ1v) is 20.1. The number of carbonyl (C=O) groups excluding carboxylic acids is 1. The number of nitrogens with zero attached hydrogens (tertiary/aromatic N) is 4. The van der Waals surface area contributed by atoms with Crippen LogP contribution in [0.4, 0.5) is 0 Å². The first-order chi connectivity index (χ1) is 27.5. The van der Waals surface area contributed by atoms with Crippen LogP contribution in [0.25, 0.3) is 33.3 Å². The number of carboxylic acids is 1. The van der Waals surface area contributed by atoms with Crippen molar-refractivity contribution < 1.29 is 24.2 Å². The summed E-state index contributed by atoms with van der Waals surface area (Å²) in [6.45, 7) is 2.21. The van der Waals surface area contributed by atoms with E-state index in [0.29, 0.717) is 60.0 Å². The van der Waals surface area contributed by atoms with Crippen molar-refractivity contribution in [1.29, 1.82) is 0 Å². The quantitative estimate of drug-likeness (QED) is 0.0961. The van der Waals surface area contributed by atoms with Crippen molar-refractivity contribution in [2.75, 3.05) is 27.8 Å². The molecular weight excluding hydrogens is 763 g/mol. The highest BCUT2D eigenvalue weighted by Crippen LogP contribution is 2.71. The fourth-order valence-corrected chi connectivity index (χ4v) is 9.44. The number of hydrogen-bond acceptors (Lipinski definition) is 8. The van der Waals surface area contributed by atoms with Crippen LogP contribution in [0.3, 0.4) is 0 Å². The Kier molecular flexibility index (Phi) is 10.7. The monoisotopic (exact) mass is 808 g/mol. The smallest absolute Gasteiger partial charge is 0.310 e. The highest BCUT2D eigenvalue weighted by atomic mass is 35.5. The summed E-state index contributed by atoms with van der Waals surface area (Å²) in [7, 11) is 5.24. The summed E-state index contributed by atoms with van der Waals surface area (Å²) in [5, 5.41) is 23.1. The van der Waals surface area contributed by atoms with Gasteiger partial charge in [-0.05, 0) is 73.7 Å². The molecular formula is C44H46Cl2N6O5. The van der Waals surface area contributed by atoms with Gasteiger partial charge in [0.25, 0.3) is 0 Å². The molecule has 2 saturated carbocycles. The molecule has 3 fully saturated rings. The van der Waals surface area contributed by atoms with Crippen LogP contribution < -0.4 is 20.1 Å². The Hall–Kier alpha value is -5.10. The Labute approximate surface area is 342 Å². The second kappa shape index (κ2) is 15.7. The van der Waals surface area contributed by atoms with Crippen molar-refractivity contribution in [3.63, 3.8) is 0 Å². The summed E-state index contributed by atoms with van der Waals surface area (Å²) in [6, 6.07) is 20.0. The maximum Gasteiger partial charge on any atom is 0.310 e. The summed E-state index contributed by atoms with van der Waals surface area (Å²) < 4.78 is 13.5. The minimum Gasteiger partial charge on any atom is -0.496 e. The lowest BCUT2D eigenvalue weighted by atomic mass is 9.38. The van der Waals surface area contributed by atoms with E-state index in [1.165, 1.54) is 0 Å². The molecule has 0 spiro atoms. The molecule has 5 aromatic rings. The van der Waals surface area contributed by atoms with Crippen LogP contribution in [-0.2, 0) is 29.2 Å². The van der Waals surface area contributed by atoms with E-state index in [2.05, 4.69) is 21.6 Å². The van der Waals surface area contributed by atoms with E-state index in [1.54, 1.807) is 14.2 Å². The Morgan fingerprint density at radius 1 is 1.02 bits per heavy atom. The molecule has 1 saturated heterocycles. The average Bonchev–Trinajstić information content (AvgIpc) is 3.82. The van der Waals surface area contributed by atoms with Crippen molar-refractivity contribution in [2.45, 2.75) is 64.2 Å². The number of benzene rings is 3. The van der Waals surface area contributed by atoms with Crippen LogP contribution in [-0.4, -0.2) is 70.5 Å². The van der Waals surface area contributed by atoms with Gasteiger partial charge in [0.1, 0.15) is 5.75 Å². The maximum atomic E-state index is 12.0. The fourth-order valence-electron chi connectivity index (χ4n) is 8.87. The molecule has 1 aliphatic heterocycles. The lowest BCUT2D eigenvalue weighted by molar-refractivity contribution is -0.194. The van der Waals surface area contributed by atoms with Crippen molar-refractivity contribution in [1.82, 2.24) is 30.3 Å². The van der Waals surface area contributed by atoms with Crippen LogP contribution in [0.15, 0.2) is 79.1 Å². The number of methoxy groups -OCH3 is 2. The standard InChI is InChI=1S/C44H46Cl2N6O5/c1-51(19-18-43-14-16-44(43,17-15-43)42(54)55)25-29-20-35(45)28(21-38(29)56-2)26-52-37-9-5-6-31(34(37)24-48-52)32-7-4-8-33(40(32)46)36-12-10-27(41(50-36)57-3)22-47-23-30-11-13-39(53)49-30/h4-10,12,18-21,24,30,47H,11,13-17,22-23,25-26H2,1-3H3,(H,49,53)(H,54,55)/b19-18-/t30-,43-,44+/m0/s1. The van der Waals surface area contributed by atoms with Gasteiger partial charge in [-0.25, -0.2) is 4.98 Å². The van der Waals surface area contributed by atoms with Crippen LogP contribution in [0, 0.1) is 10.8 Å². The minimum absolute atomic E-state index is 0.0991. The minimum atomic E-state index is -0.675. The highest BCUT2D eigenvalue weighted by Gasteiger charge is 2.68. The predicted molar refractivity (Wildman–Crippen MR) is 222 cm³/mol. The summed E-state index contributed by atoms with van der Waals surface area (Å²) in [5.74, 6) is 0.653.